The van der Waals surface area contributed by atoms with Gasteiger partial charge in [-0.15, -0.1) is 0 Å². The molecule has 0 aromatic heterocycles. The number of hydrogen-bond donors (Lipinski definition) is 1. The van der Waals surface area contributed by atoms with Crippen LogP contribution in [0.15, 0.2) is 82.8 Å². The summed E-state index contributed by atoms with van der Waals surface area (Å²) in [6.07, 6.45) is 1.46. The van der Waals surface area contributed by atoms with Crippen molar-refractivity contribution in [3.63, 3.8) is 0 Å². The molecule has 0 unspecified atom stereocenters. The van der Waals surface area contributed by atoms with Crippen molar-refractivity contribution in [3.05, 3.63) is 83.9 Å². The van der Waals surface area contributed by atoms with Crippen LogP contribution in [0.5, 0.6) is 11.5 Å². The lowest BCUT2D eigenvalue weighted by Gasteiger charge is -2.24. The average Bonchev–Trinajstić information content (AvgIpc) is 2.83. The number of anilines is 1. The number of hydrazone groups is 1. The first kappa shape index (κ1) is 23.8. The van der Waals surface area contributed by atoms with Crippen LogP contribution >= 0.6 is 0 Å². The van der Waals surface area contributed by atoms with Crippen molar-refractivity contribution >= 4 is 27.8 Å². The summed E-state index contributed by atoms with van der Waals surface area (Å²) in [7, 11) is -0.915. The lowest BCUT2D eigenvalue weighted by atomic mass is 10.2. The third kappa shape index (κ3) is 6.11. The molecule has 3 rings (SSSR count). The number of benzene rings is 3. The van der Waals surface area contributed by atoms with E-state index in [0.717, 1.165) is 15.4 Å². The molecule has 0 bridgehead atoms. The van der Waals surface area contributed by atoms with Gasteiger partial charge < -0.3 is 9.47 Å². The highest BCUT2D eigenvalue weighted by atomic mass is 32.2. The van der Waals surface area contributed by atoms with Gasteiger partial charge in [0.25, 0.3) is 15.9 Å². The molecule has 8 nitrogen and oxygen atoms in total. The van der Waals surface area contributed by atoms with Gasteiger partial charge in [-0.2, -0.15) is 5.10 Å². The van der Waals surface area contributed by atoms with Crippen LogP contribution in [0.1, 0.15) is 11.1 Å². The van der Waals surface area contributed by atoms with E-state index in [1.165, 1.54) is 25.5 Å². The zero-order valence-corrected chi connectivity index (χ0v) is 19.4. The van der Waals surface area contributed by atoms with Crippen molar-refractivity contribution in [3.8, 4) is 11.5 Å². The highest BCUT2D eigenvalue weighted by Crippen LogP contribution is 2.26. The van der Waals surface area contributed by atoms with Gasteiger partial charge in [-0.3, -0.25) is 9.10 Å². The number of aryl methyl sites for hydroxylation is 1. The van der Waals surface area contributed by atoms with Crippen molar-refractivity contribution in [1.82, 2.24) is 5.43 Å². The summed E-state index contributed by atoms with van der Waals surface area (Å²) >= 11 is 0. The van der Waals surface area contributed by atoms with Crippen LogP contribution in [0.2, 0.25) is 0 Å². The summed E-state index contributed by atoms with van der Waals surface area (Å²) in [6, 6.07) is 20.0. The second-order valence-corrected chi connectivity index (χ2v) is 8.95. The molecule has 0 atom stereocenters. The molecule has 0 saturated carbocycles. The van der Waals surface area contributed by atoms with Gasteiger partial charge in [0.15, 0.2) is 0 Å². The topological polar surface area (TPSA) is 97.3 Å². The SMILES string of the molecule is COc1ccc(/C=N\NC(=O)CN(c2ccc(OC)cc2)S(=O)(=O)c2ccc(C)cc2)cc1. The molecule has 0 fully saturated rings. The van der Waals surface area contributed by atoms with E-state index in [4.69, 9.17) is 9.47 Å². The minimum absolute atomic E-state index is 0.0819. The maximum absolute atomic E-state index is 13.4. The van der Waals surface area contributed by atoms with Crippen LogP contribution in [0.4, 0.5) is 5.69 Å². The quantitative estimate of drug-likeness (QED) is 0.384. The summed E-state index contributed by atoms with van der Waals surface area (Å²) in [5.41, 5.74) is 4.38. The van der Waals surface area contributed by atoms with Gasteiger partial charge in [-0.05, 0) is 73.2 Å². The van der Waals surface area contributed by atoms with Crippen molar-refractivity contribution in [2.75, 3.05) is 25.1 Å². The highest BCUT2D eigenvalue weighted by Gasteiger charge is 2.27. The van der Waals surface area contributed by atoms with Gasteiger partial charge in [0.2, 0.25) is 0 Å². The lowest BCUT2D eigenvalue weighted by molar-refractivity contribution is -0.119. The van der Waals surface area contributed by atoms with E-state index in [1.54, 1.807) is 67.8 Å². The molecule has 1 amide bonds. The van der Waals surface area contributed by atoms with E-state index >= 15 is 0 Å². The van der Waals surface area contributed by atoms with Crippen LogP contribution in [0.25, 0.3) is 0 Å². The molecule has 0 aliphatic rings. The number of amides is 1. The van der Waals surface area contributed by atoms with Crippen molar-refractivity contribution < 1.29 is 22.7 Å². The van der Waals surface area contributed by atoms with Crippen LogP contribution in [-0.4, -0.2) is 41.3 Å². The van der Waals surface area contributed by atoms with E-state index in [-0.39, 0.29) is 4.90 Å². The number of carbonyl (C=O) groups is 1. The van der Waals surface area contributed by atoms with Gasteiger partial charge >= 0.3 is 0 Å². The Morgan fingerprint density at radius 1 is 0.909 bits per heavy atom. The highest BCUT2D eigenvalue weighted by molar-refractivity contribution is 7.92. The minimum Gasteiger partial charge on any atom is -0.497 e. The second-order valence-electron chi connectivity index (χ2n) is 7.09. The van der Waals surface area contributed by atoms with Gasteiger partial charge in [0, 0.05) is 0 Å². The number of rotatable bonds is 9. The van der Waals surface area contributed by atoms with Crippen LogP contribution in [0.3, 0.4) is 0 Å². The zero-order chi connectivity index (χ0) is 23.8. The normalized spacial score (nSPS) is 11.2. The molecule has 0 saturated heterocycles. The maximum Gasteiger partial charge on any atom is 0.264 e. The smallest absolute Gasteiger partial charge is 0.264 e. The summed E-state index contributed by atoms with van der Waals surface area (Å²) in [5.74, 6) is 0.680. The first-order chi connectivity index (χ1) is 15.8. The fourth-order valence-corrected chi connectivity index (χ4v) is 4.36. The van der Waals surface area contributed by atoms with Crippen molar-refractivity contribution in [2.24, 2.45) is 5.10 Å². The van der Waals surface area contributed by atoms with E-state index in [9.17, 15) is 13.2 Å². The molecular weight excluding hydrogens is 442 g/mol. The Morgan fingerprint density at radius 3 is 2.00 bits per heavy atom. The molecule has 0 spiro atoms. The molecule has 172 valence electrons. The second kappa shape index (κ2) is 10.6. The van der Waals surface area contributed by atoms with E-state index in [2.05, 4.69) is 10.5 Å². The van der Waals surface area contributed by atoms with E-state index < -0.39 is 22.5 Å². The fourth-order valence-electron chi connectivity index (χ4n) is 2.94. The molecule has 3 aromatic carbocycles. The Kier molecular flexibility index (Phi) is 7.68. The molecule has 3 aromatic rings. The van der Waals surface area contributed by atoms with Gasteiger partial charge in [0.05, 0.1) is 31.0 Å². The fraction of sp³-hybridized carbons (Fsp3) is 0.167. The molecule has 0 aliphatic heterocycles. The van der Waals surface area contributed by atoms with Crippen LogP contribution in [-0.2, 0) is 14.8 Å². The first-order valence-corrected chi connectivity index (χ1v) is 11.5. The predicted octanol–water partition coefficient (Wildman–Crippen LogP) is 3.36. The number of nitrogens with one attached hydrogen (secondary N) is 1. The maximum atomic E-state index is 13.4. The zero-order valence-electron chi connectivity index (χ0n) is 18.6. The Hall–Kier alpha value is -3.85. The molecule has 9 heteroatoms. The summed E-state index contributed by atoms with van der Waals surface area (Å²) in [4.78, 5) is 12.7. The third-order valence-corrected chi connectivity index (χ3v) is 6.56. The Bertz CT molecular complexity index is 1210. The summed E-state index contributed by atoms with van der Waals surface area (Å²) in [5, 5.41) is 3.93. The van der Waals surface area contributed by atoms with Gasteiger partial charge in [-0.25, -0.2) is 13.8 Å². The monoisotopic (exact) mass is 467 g/mol. The standard InChI is InChI=1S/C24H25N3O5S/c1-18-4-14-23(15-5-18)33(29,30)27(20-8-12-22(32-3)13-9-20)17-24(28)26-25-16-19-6-10-21(31-2)11-7-19/h4-16H,17H2,1-3H3,(H,26,28)/b25-16-. The number of methoxy groups -OCH3 is 2. The first-order valence-electron chi connectivity index (χ1n) is 10.0. The lowest BCUT2D eigenvalue weighted by Crippen LogP contribution is -2.39. The molecule has 33 heavy (non-hydrogen) atoms. The number of carbonyl (C=O) groups excluding carboxylic acids is 1. The van der Waals surface area contributed by atoms with Crippen LogP contribution in [0, 0.1) is 6.92 Å². The van der Waals surface area contributed by atoms with E-state index in [1.807, 2.05) is 6.92 Å². The van der Waals surface area contributed by atoms with E-state index in [0.29, 0.717) is 17.2 Å². The minimum atomic E-state index is -4.00. The summed E-state index contributed by atoms with van der Waals surface area (Å²) in [6.45, 7) is 1.41. The van der Waals surface area contributed by atoms with Crippen molar-refractivity contribution in [1.29, 1.82) is 0 Å². The number of nitrogens with zero attached hydrogens (tertiary/aromatic N) is 2. The van der Waals surface area contributed by atoms with Crippen LogP contribution < -0.4 is 19.2 Å². The van der Waals surface area contributed by atoms with Gasteiger partial charge in [-0.1, -0.05) is 17.7 Å². The third-order valence-electron chi connectivity index (χ3n) is 4.78. The Balaban J connectivity index is 1.81. The number of sulfonamides is 1. The Labute approximate surface area is 193 Å². The summed E-state index contributed by atoms with van der Waals surface area (Å²) < 4.78 is 38.0. The van der Waals surface area contributed by atoms with Crippen molar-refractivity contribution in [2.45, 2.75) is 11.8 Å². The molecule has 1 N–H and O–H groups in total. The molecule has 0 aliphatic carbocycles. The largest absolute Gasteiger partial charge is 0.497 e. The number of ether oxygens (including phenoxy) is 2. The average molecular weight is 468 g/mol. The predicted molar refractivity (Wildman–Crippen MR) is 127 cm³/mol. The Morgan fingerprint density at radius 2 is 1.45 bits per heavy atom. The molecule has 0 heterocycles. The molecular formula is C24H25N3O5S. The number of hydrogen-bond acceptors (Lipinski definition) is 6. The van der Waals surface area contributed by atoms with Gasteiger partial charge in [0.1, 0.15) is 18.0 Å². The molecule has 0 radical (unpaired) electrons.